The SMILES string of the molecule is CC(C)NCCC(=O)N(CCO)CC(F)F. The quantitative estimate of drug-likeness (QED) is 0.646. The van der Waals surface area contributed by atoms with Crippen molar-refractivity contribution >= 4 is 5.91 Å². The molecule has 0 aromatic rings. The highest BCUT2D eigenvalue weighted by atomic mass is 19.3. The summed E-state index contributed by atoms with van der Waals surface area (Å²) in [7, 11) is 0. The molecule has 0 aromatic carbocycles. The summed E-state index contributed by atoms with van der Waals surface area (Å²) in [6.07, 6.45) is -2.39. The first-order chi connectivity index (χ1) is 7.47. The molecule has 0 aliphatic carbocycles. The Balaban J connectivity index is 3.96. The van der Waals surface area contributed by atoms with E-state index in [1.54, 1.807) is 0 Å². The fourth-order valence-corrected chi connectivity index (χ4v) is 1.23. The van der Waals surface area contributed by atoms with Gasteiger partial charge in [0.2, 0.25) is 5.91 Å². The zero-order valence-corrected chi connectivity index (χ0v) is 9.75. The topological polar surface area (TPSA) is 52.6 Å². The highest BCUT2D eigenvalue weighted by molar-refractivity contribution is 5.76. The third kappa shape index (κ3) is 7.53. The number of hydrogen-bond acceptors (Lipinski definition) is 3. The minimum absolute atomic E-state index is 0.0369. The first-order valence-corrected chi connectivity index (χ1v) is 5.37. The van der Waals surface area contributed by atoms with Crippen LogP contribution in [0.15, 0.2) is 0 Å². The van der Waals surface area contributed by atoms with Gasteiger partial charge in [0, 0.05) is 25.6 Å². The minimum atomic E-state index is -2.56. The third-order valence-corrected chi connectivity index (χ3v) is 1.97. The number of nitrogens with zero attached hydrogens (tertiary/aromatic N) is 1. The van der Waals surface area contributed by atoms with Crippen molar-refractivity contribution in [1.29, 1.82) is 0 Å². The van der Waals surface area contributed by atoms with E-state index in [0.717, 1.165) is 4.90 Å². The molecule has 0 aromatic heterocycles. The molecule has 4 nitrogen and oxygen atoms in total. The minimum Gasteiger partial charge on any atom is -0.395 e. The van der Waals surface area contributed by atoms with E-state index in [0.29, 0.717) is 6.54 Å². The standard InChI is InChI=1S/C10H20F2N2O2/c1-8(2)13-4-3-10(16)14(5-6-15)7-9(11)12/h8-9,13,15H,3-7H2,1-2H3. The first-order valence-electron chi connectivity index (χ1n) is 5.37. The Hall–Kier alpha value is -0.750. The van der Waals surface area contributed by atoms with Gasteiger partial charge < -0.3 is 15.3 Å². The molecular formula is C10H20F2N2O2. The predicted molar refractivity (Wildman–Crippen MR) is 57.4 cm³/mol. The van der Waals surface area contributed by atoms with Crippen molar-refractivity contribution in [2.24, 2.45) is 0 Å². The molecule has 0 unspecified atom stereocenters. The Morgan fingerprint density at radius 3 is 2.50 bits per heavy atom. The fraction of sp³-hybridized carbons (Fsp3) is 0.900. The Morgan fingerprint density at radius 1 is 1.44 bits per heavy atom. The number of halogens is 2. The Morgan fingerprint density at radius 2 is 2.06 bits per heavy atom. The zero-order chi connectivity index (χ0) is 12.6. The lowest BCUT2D eigenvalue weighted by atomic mass is 10.3. The van der Waals surface area contributed by atoms with Crippen LogP contribution in [0.5, 0.6) is 0 Å². The molecule has 1 amide bonds. The second kappa shape index (κ2) is 8.41. The number of aliphatic hydroxyl groups is 1. The molecule has 0 heterocycles. The van der Waals surface area contributed by atoms with E-state index < -0.39 is 13.0 Å². The van der Waals surface area contributed by atoms with Crippen molar-refractivity contribution in [3.05, 3.63) is 0 Å². The summed E-state index contributed by atoms with van der Waals surface area (Å²) in [4.78, 5) is 12.5. The van der Waals surface area contributed by atoms with Crippen molar-refractivity contribution in [3.8, 4) is 0 Å². The Kier molecular flexibility index (Phi) is 8.01. The summed E-state index contributed by atoms with van der Waals surface area (Å²) >= 11 is 0. The average molecular weight is 238 g/mol. The lowest BCUT2D eigenvalue weighted by Gasteiger charge is -2.21. The summed E-state index contributed by atoms with van der Waals surface area (Å²) < 4.78 is 24.3. The van der Waals surface area contributed by atoms with Crippen LogP contribution in [0.2, 0.25) is 0 Å². The van der Waals surface area contributed by atoms with Gasteiger partial charge in [0.05, 0.1) is 13.2 Å². The molecular weight excluding hydrogens is 218 g/mol. The van der Waals surface area contributed by atoms with Gasteiger partial charge in [0.1, 0.15) is 0 Å². The van der Waals surface area contributed by atoms with E-state index in [1.807, 2.05) is 13.8 Å². The molecule has 0 saturated carbocycles. The zero-order valence-electron chi connectivity index (χ0n) is 9.75. The summed E-state index contributed by atoms with van der Waals surface area (Å²) in [5, 5.41) is 11.7. The van der Waals surface area contributed by atoms with Crippen LogP contribution >= 0.6 is 0 Å². The fourth-order valence-electron chi connectivity index (χ4n) is 1.23. The molecule has 0 fully saturated rings. The second-order valence-corrected chi connectivity index (χ2v) is 3.81. The van der Waals surface area contributed by atoms with Crippen LogP contribution in [-0.4, -0.2) is 54.6 Å². The van der Waals surface area contributed by atoms with Crippen LogP contribution < -0.4 is 5.32 Å². The van der Waals surface area contributed by atoms with E-state index in [9.17, 15) is 13.6 Å². The van der Waals surface area contributed by atoms with Crippen LogP contribution in [0.3, 0.4) is 0 Å². The van der Waals surface area contributed by atoms with Gasteiger partial charge in [-0.25, -0.2) is 8.78 Å². The van der Waals surface area contributed by atoms with E-state index in [2.05, 4.69) is 5.32 Å². The molecule has 2 N–H and O–H groups in total. The Labute approximate surface area is 94.6 Å². The Bertz CT molecular complexity index is 201. The molecule has 0 radical (unpaired) electrons. The van der Waals surface area contributed by atoms with Crippen LogP contribution in [-0.2, 0) is 4.79 Å². The second-order valence-electron chi connectivity index (χ2n) is 3.81. The summed E-state index contributed by atoms with van der Waals surface area (Å²) in [6, 6.07) is 0.259. The molecule has 6 heteroatoms. The summed E-state index contributed by atoms with van der Waals surface area (Å²) in [5.74, 6) is -0.359. The maximum Gasteiger partial charge on any atom is 0.255 e. The molecule has 0 saturated heterocycles. The van der Waals surface area contributed by atoms with Crippen LogP contribution in [0.4, 0.5) is 8.78 Å². The van der Waals surface area contributed by atoms with Gasteiger partial charge >= 0.3 is 0 Å². The van der Waals surface area contributed by atoms with Crippen molar-refractivity contribution in [1.82, 2.24) is 10.2 Å². The molecule has 16 heavy (non-hydrogen) atoms. The van der Waals surface area contributed by atoms with Crippen LogP contribution in [0.1, 0.15) is 20.3 Å². The van der Waals surface area contributed by atoms with E-state index in [-0.39, 0.29) is 31.5 Å². The number of rotatable bonds is 8. The molecule has 96 valence electrons. The number of amides is 1. The van der Waals surface area contributed by atoms with Crippen LogP contribution in [0, 0.1) is 0 Å². The molecule has 0 aliphatic heterocycles. The number of alkyl halides is 2. The monoisotopic (exact) mass is 238 g/mol. The van der Waals surface area contributed by atoms with Crippen molar-refractivity contribution in [3.63, 3.8) is 0 Å². The van der Waals surface area contributed by atoms with E-state index >= 15 is 0 Å². The van der Waals surface area contributed by atoms with Gasteiger partial charge in [-0.3, -0.25) is 4.79 Å². The normalized spacial score (nSPS) is 11.2. The molecule has 0 aliphatic rings. The lowest BCUT2D eigenvalue weighted by molar-refractivity contribution is -0.133. The highest BCUT2D eigenvalue weighted by Gasteiger charge is 2.17. The summed E-state index contributed by atoms with van der Waals surface area (Å²) in [6.45, 7) is 3.40. The maximum atomic E-state index is 12.1. The number of nitrogens with one attached hydrogen (secondary N) is 1. The van der Waals surface area contributed by atoms with Gasteiger partial charge in [0.25, 0.3) is 6.43 Å². The lowest BCUT2D eigenvalue weighted by Crippen LogP contribution is -2.39. The van der Waals surface area contributed by atoms with Gasteiger partial charge in [-0.15, -0.1) is 0 Å². The van der Waals surface area contributed by atoms with Gasteiger partial charge in [-0.1, -0.05) is 13.8 Å². The molecule has 0 atom stereocenters. The van der Waals surface area contributed by atoms with Crippen LogP contribution in [0.25, 0.3) is 0 Å². The largest absolute Gasteiger partial charge is 0.395 e. The number of hydrogen-bond donors (Lipinski definition) is 2. The summed E-state index contributed by atoms with van der Waals surface area (Å²) in [5.41, 5.74) is 0. The number of carbonyl (C=O) groups is 1. The van der Waals surface area contributed by atoms with Gasteiger partial charge in [-0.2, -0.15) is 0 Å². The van der Waals surface area contributed by atoms with Crippen molar-refractivity contribution < 1.29 is 18.7 Å². The van der Waals surface area contributed by atoms with E-state index in [1.165, 1.54) is 0 Å². The first kappa shape index (κ1) is 15.2. The number of carbonyl (C=O) groups excluding carboxylic acids is 1. The van der Waals surface area contributed by atoms with Crippen molar-refractivity contribution in [2.75, 3.05) is 26.2 Å². The number of aliphatic hydroxyl groups excluding tert-OH is 1. The van der Waals surface area contributed by atoms with Gasteiger partial charge in [0.15, 0.2) is 0 Å². The molecule has 0 spiro atoms. The predicted octanol–water partition coefficient (Wildman–Crippen LogP) is 0.460. The van der Waals surface area contributed by atoms with E-state index in [4.69, 9.17) is 5.11 Å². The van der Waals surface area contributed by atoms with Gasteiger partial charge in [-0.05, 0) is 0 Å². The molecule has 0 bridgehead atoms. The highest BCUT2D eigenvalue weighted by Crippen LogP contribution is 2.00. The molecule has 0 rings (SSSR count). The third-order valence-electron chi connectivity index (χ3n) is 1.97. The average Bonchev–Trinajstić information content (AvgIpc) is 2.15. The van der Waals surface area contributed by atoms with Crippen molar-refractivity contribution in [2.45, 2.75) is 32.7 Å². The maximum absolute atomic E-state index is 12.1. The smallest absolute Gasteiger partial charge is 0.255 e.